The summed E-state index contributed by atoms with van der Waals surface area (Å²) < 4.78 is 0. The summed E-state index contributed by atoms with van der Waals surface area (Å²) in [6.07, 6.45) is -1.18. The summed E-state index contributed by atoms with van der Waals surface area (Å²) in [5.41, 5.74) is 3.52. The second-order valence-electron chi connectivity index (χ2n) is 7.56. The van der Waals surface area contributed by atoms with Crippen molar-refractivity contribution in [2.75, 3.05) is 6.61 Å². The van der Waals surface area contributed by atoms with Gasteiger partial charge in [0.25, 0.3) is 0 Å². The molecule has 0 amide bonds. The quantitative estimate of drug-likeness (QED) is 0.744. The van der Waals surface area contributed by atoms with E-state index in [2.05, 4.69) is 38.1 Å². The molecule has 1 aliphatic heterocycles. The van der Waals surface area contributed by atoms with Gasteiger partial charge in [-0.2, -0.15) is 0 Å². The maximum absolute atomic E-state index is 10.6. The largest absolute Gasteiger partial charge is 0.395 e. The Bertz CT molecular complexity index is 686. The Morgan fingerprint density at radius 3 is 2.04 bits per heavy atom. The number of hydrogen-bond acceptors (Lipinski definition) is 4. The maximum atomic E-state index is 10.6. The second kappa shape index (κ2) is 8.31. The van der Waals surface area contributed by atoms with Crippen LogP contribution in [0.15, 0.2) is 54.6 Å². The third-order valence-corrected chi connectivity index (χ3v) is 5.48. The van der Waals surface area contributed by atoms with Crippen LogP contribution in [-0.4, -0.2) is 51.1 Å². The van der Waals surface area contributed by atoms with Crippen LogP contribution in [0.5, 0.6) is 0 Å². The lowest BCUT2D eigenvalue weighted by Crippen LogP contribution is -2.41. The summed E-state index contributed by atoms with van der Waals surface area (Å²) in [6.45, 7) is 4.75. The first-order chi connectivity index (χ1) is 12.5. The fourth-order valence-corrected chi connectivity index (χ4v) is 3.85. The molecule has 1 saturated heterocycles. The smallest absolute Gasteiger partial charge is 0.0991 e. The monoisotopic (exact) mass is 355 g/mol. The predicted octanol–water partition coefficient (Wildman–Crippen LogP) is 2.32. The van der Waals surface area contributed by atoms with E-state index in [1.807, 2.05) is 35.2 Å². The Morgan fingerprint density at radius 2 is 1.46 bits per heavy atom. The Balaban J connectivity index is 1.82. The topological polar surface area (TPSA) is 63.9 Å². The highest BCUT2D eigenvalue weighted by molar-refractivity contribution is 5.25. The lowest BCUT2D eigenvalue weighted by Gasteiger charge is -2.30. The molecule has 4 heteroatoms. The third kappa shape index (κ3) is 3.99. The molecule has 2 aromatic carbocycles. The van der Waals surface area contributed by atoms with Crippen molar-refractivity contribution in [2.45, 2.75) is 57.0 Å². The summed E-state index contributed by atoms with van der Waals surface area (Å²) >= 11 is 0. The first-order valence-electron chi connectivity index (χ1n) is 9.36. The van der Waals surface area contributed by atoms with E-state index in [0.29, 0.717) is 18.9 Å². The van der Waals surface area contributed by atoms with Crippen LogP contribution in [-0.2, 0) is 13.0 Å². The molecule has 140 valence electrons. The minimum Gasteiger partial charge on any atom is -0.395 e. The van der Waals surface area contributed by atoms with Crippen LogP contribution in [0.2, 0.25) is 0 Å². The minimum atomic E-state index is -0.941. The highest BCUT2D eigenvalue weighted by Crippen LogP contribution is 2.30. The summed E-state index contributed by atoms with van der Waals surface area (Å²) in [5.74, 6) is 0.482. The molecular formula is C22H29NO3. The second-order valence-corrected chi connectivity index (χ2v) is 7.56. The Morgan fingerprint density at radius 1 is 0.846 bits per heavy atom. The van der Waals surface area contributed by atoms with Crippen molar-refractivity contribution in [3.05, 3.63) is 71.3 Å². The summed E-state index contributed by atoms with van der Waals surface area (Å²) in [7, 11) is 0. The van der Waals surface area contributed by atoms with Crippen LogP contribution in [0.4, 0.5) is 0 Å². The Hall–Kier alpha value is -1.72. The zero-order chi connectivity index (χ0) is 18.7. The molecule has 4 atom stereocenters. The molecule has 1 fully saturated rings. The summed E-state index contributed by atoms with van der Waals surface area (Å²) in [5, 5.41) is 30.8. The Kier molecular flexibility index (Phi) is 6.09. The van der Waals surface area contributed by atoms with Crippen LogP contribution < -0.4 is 0 Å². The van der Waals surface area contributed by atoms with E-state index < -0.39 is 18.2 Å². The lowest BCUT2D eigenvalue weighted by atomic mass is 10.00. The number of aliphatic hydroxyl groups excluding tert-OH is 3. The maximum Gasteiger partial charge on any atom is 0.0991 e. The zero-order valence-corrected chi connectivity index (χ0v) is 15.5. The van der Waals surface area contributed by atoms with Crippen molar-refractivity contribution >= 4 is 0 Å². The number of nitrogens with zero attached hydrogens (tertiary/aromatic N) is 1. The fraction of sp³-hybridized carbons (Fsp3) is 0.455. The first kappa shape index (κ1) is 19.1. The number of hydrogen-bond donors (Lipinski definition) is 3. The average Bonchev–Trinajstić information content (AvgIpc) is 2.87. The summed E-state index contributed by atoms with van der Waals surface area (Å²) in [6, 6.07) is 17.7. The van der Waals surface area contributed by atoms with E-state index in [1.165, 1.54) is 5.56 Å². The molecule has 26 heavy (non-hydrogen) atoms. The minimum absolute atomic E-state index is 0.173. The molecule has 0 unspecified atom stereocenters. The fourth-order valence-electron chi connectivity index (χ4n) is 3.85. The molecule has 0 aromatic heterocycles. The number of aliphatic hydroxyl groups is 3. The van der Waals surface area contributed by atoms with Gasteiger partial charge >= 0.3 is 0 Å². The molecule has 1 aliphatic rings. The van der Waals surface area contributed by atoms with Gasteiger partial charge in [0.1, 0.15) is 0 Å². The van der Waals surface area contributed by atoms with Crippen molar-refractivity contribution < 1.29 is 15.3 Å². The molecular weight excluding hydrogens is 326 g/mol. The van der Waals surface area contributed by atoms with Gasteiger partial charge in [0.15, 0.2) is 0 Å². The van der Waals surface area contributed by atoms with Crippen LogP contribution in [0.25, 0.3) is 0 Å². The molecule has 3 rings (SSSR count). The highest BCUT2D eigenvalue weighted by Gasteiger charge is 2.46. The van der Waals surface area contributed by atoms with Gasteiger partial charge in [-0.25, -0.2) is 0 Å². The highest BCUT2D eigenvalue weighted by atomic mass is 16.3. The van der Waals surface area contributed by atoms with Crippen molar-refractivity contribution in [2.24, 2.45) is 0 Å². The zero-order valence-electron chi connectivity index (χ0n) is 15.5. The van der Waals surface area contributed by atoms with E-state index in [0.717, 1.165) is 11.1 Å². The van der Waals surface area contributed by atoms with Crippen LogP contribution in [0.3, 0.4) is 0 Å². The lowest BCUT2D eigenvalue weighted by molar-refractivity contribution is 0.0178. The van der Waals surface area contributed by atoms with E-state index >= 15 is 0 Å². The van der Waals surface area contributed by atoms with Crippen molar-refractivity contribution in [1.29, 1.82) is 0 Å². The predicted molar refractivity (Wildman–Crippen MR) is 103 cm³/mol. The molecule has 0 bridgehead atoms. The van der Waals surface area contributed by atoms with Gasteiger partial charge in [0.2, 0.25) is 0 Å². The average molecular weight is 355 g/mol. The SMILES string of the molecule is CC(C)c1ccc(CN2[C@H](CO)[C@@H](O)[C@@H](O)[C@@H]2Cc2ccccc2)cc1. The molecule has 0 aliphatic carbocycles. The number of likely N-dealkylation sites (tertiary alicyclic amines) is 1. The van der Waals surface area contributed by atoms with Gasteiger partial charge in [0, 0.05) is 12.6 Å². The van der Waals surface area contributed by atoms with Gasteiger partial charge in [0.05, 0.1) is 24.9 Å². The molecule has 1 heterocycles. The third-order valence-electron chi connectivity index (χ3n) is 5.48. The first-order valence-corrected chi connectivity index (χ1v) is 9.36. The normalized spacial score (nSPS) is 26.5. The van der Waals surface area contributed by atoms with E-state index in [4.69, 9.17) is 0 Å². The summed E-state index contributed by atoms with van der Waals surface area (Å²) in [4.78, 5) is 2.05. The Labute approximate surface area is 155 Å². The van der Waals surface area contributed by atoms with Gasteiger partial charge in [-0.05, 0) is 29.0 Å². The number of benzene rings is 2. The standard InChI is InChI=1S/C22H29NO3/c1-15(2)18-10-8-17(9-11-18)13-23-19(12-16-6-4-3-5-7-16)21(25)22(26)20(23)14-24/h3-11,15,19-22,24-26H,12-14H2,1-2H3/t19-,20+,21-,22+/m0/s1. The van der Waals surface area contributed by atoms with Crippen molar-refractivity contribution in [3.8, 4) is 0 Å². The van der Waals surface area contributed by atoms with Crippen LogP contribution in [0, 0.1) is 0 Å². The van der Waals surface area contributed by atoms with Gasteiger partial charge in [-0.3, -0.25) is 4.90 Å². The molecule has 0 saturated carbocycles. The van der Waals surface area contributed by atoms with E-state index in [9.17, 15) is 15.3 Å². The van der Waals surface area contributed by atoms with E-state index in [-0.39, 0.29) is 12.6 Å². The molecule has 0 radical (unpaired) electrons. The number of rotatable bonds is 6. The van der Waals surface area contributed by atoms with Crippen molar-refractivity contribution in [1.82, 2.24) is 4.90 Å². The molecule has 2 aromatic rings. The van der Waals surface area contributed by atoms with E-state index in [1.54, 1.807) is 0 Å². The molecule has 0 spiro atoms. The van der Waals surface area contributed by atoms with Crippen LogP contribution >= 0.6 is 0 Å². The molecule has 4 nitrogen and oxygen atoms in total. The van der Waals surface area contributed by atoms with Gasteiger partial charge in [-0.1, -0.05) is 68.4 Å². The van der Waals surface area contributed by atoms with Crippen molar-refractivity contribution in [3.63, 3.8) is 0 Å². The van der Waals surface area contributed by atoms with Gasteiger partial charge < -0.3 is 15.3 Å². The van der Waals surface area contributed by atoms with Crippen LogP contribution in [0.1, 0.15) is 36.5 Å². The van der Waals surface area contributed by atoms with Gasteiger partial charge in [-0.15, -0.1) is 0 Å². The molecule has 3 N–H and O–H groups in total.